The van der Waals surface area contributed by atoms with Crippen LogP contribution in [0.3, 0.4) is 0 Å². The van der Waals surface area contributed by atoms with Crippen LogP contribution >= 0.6 is 0 Å². The summed E-state index contributed by atoms with van der Waals surface area (Å²) in [4.78, 5) is 17.8. The number of para-hydroxylation sites is 2. The minimum Gasteiger partial charge on any atom is -0.390 e. The molecule has 5 rings (SSSR count). The van der Waals surface area contributed by atoms with Gasteiger partial charge in [-0.15, -0.1) is 0 Å². The third-order valence-electron chi connectivity index (χ3n) is 6.65. The summed E-state index contributed by atoms with van der Waals surface area (Å²) in [7, 11) is 2.14. The summed E-state index contributed by atoms with van der Waals surface area (Å²) in [5, 5.41) is 17.9. The first-order chi connectivity index (χ1) is 16.5. The molecule has 0 unspecified atom stereocenters. The number of aliphatic hydroxyl groups is 1. The molecule has 1 N–H and O–H groups in total. The number of likely N-dealkylation sites (N-methyl/N-ethyl adjacent to an activating group) is 1. The standard InChI is InChI=1S/C27H31N5O2/c1-20-25(27(34)32(28-20)22-8-4-3-5-9-22)16-21-17-31(26-11-7-6-10-24(21)26)19-23(33)18-30-14-12-29(2)13-15-30/h3-11,16-17,23,33H,12-15,18-19H2,1-2H3/b25-16+/t23-/m1/s1. The molecule has 34 heavy (non-hydrogen) atoms. The van der Waals surface area contributed by atoms with Crippen molar-refractivity contribution in [1.29, 1.82) is 0 Å². The molecule has 2 aromatic carbocycles. The minimum atomic E-state index is -0.468. The number of aromatic nitrogens is 1. The zero-order valence-electron chi connectivity index (χ0n) is 19.8. The van der Waals surface area contributed by atoms with E-state index in [1.807, 2.05) is 61.7 Å². The first-order valence-electron chi connectivity index (χ1n) is 11.8. The second-order valence-corrected chi connectivity index (χ2v) is 9.21. The highest BCUT2D eigenvalue weighted by atomic mass is 16.3. The van der Waals surface area contributed by atoms with Crippen LogP contribution in [0.2, 0.25) is 0 Å². The van der Waals surface area contributed by atoms with Gasteiger partial charge in [0.1, 0.15) is 0 Å². The maximum absolute atomic E-state index is 13.2. The number of anilines is 1. The highest BCUT2D eigenvalue weighted by Crippen LogP contribution is 2.28. The molecule has 1 fully saturated rings. The number of aliphatic hydroxyl groups excluding tert-OH is 1. The van der Waals surface area contributed by atoms with E-state index in [-0.39, 0.29) is 5.91 Å². The Morgan fingerprint density at radius 3 is 2.47 bits per heavy atom. The monoisotopic (exact) mass is 457 g/mol. The van der Waals surface area contributed by atoms with Crippen LogP contribution in [-0.4, -0.2) is 77.0 Å². The fourth-order valence-corrected chi connectivity index (χ4v) is 4.74. The van der Waals surface area contributed by atoms with Crippen molar-refractivity contribution in [3.63, 3.8) is 0 Å². The van der Waals surface area contributed by atoms with Gasteiger partial charge in [0, 0.05) is 61.9 Å². The van der Waals surface area contributed by atoms with Crippen LogP contribution in [0.5, 0.6) is 0 Å². The first-order valence-corrected chi connectivity index (χ1v) is 11.8. The van der Waals surface area contributed by atoms with E-state index >= 15 is 0 Å². The lowest BCUT2D eigenvalue weighted by atomic mass is 10.1. The third-order valence-corrected chi connectivity index (χ3v) is 6.65. The van der Waals surface area contributed by atoms with Crippen LogP contribution < -0.4 is 5.01 Å². The van der Waals surface area contributed by atoms with Gasteiger partial charge in [0.25, 0.3) is 5.91 Å². The van der Waals surface area contributed by atoms with Crippen molar-refractivity contribution in [2.75, 3.05) is 44.8 Å². The predicted octanol–water partition coefficient (Wildman–Crippen LogP) is 3.06. The molecule has 0 aliphatic carbocycles. The normalized spacial score (nSPS) is 19.9. The number of hydrogen-bond donors (Lipinski definition) is 1. The van der Waals surface area contributed by atoms with E-state index in [0.29, 0.717) is 24.4 Å². The van der Waals surface area contributed by atoms with Crippen molar-refractivity contribution in [1.82, 2.24) is 14.4 Å². The molecule has 3 heterocycles. The molecule has 1 aromatic heterocycles. The SMILES string of the molecule is CC1=NN(c2ccccc2)C(=O)/C1=C/c1cn(C[C@H](O)CN2CCN(C)CC2)c2ccccc12. The summed E-state index contributed by atoms with van der Waals surface area (Å²) < 4.78 is 2.10. The number of piperazine rings is 1. The van der Waals surface area contributed by atoms with Crippen LogP contribution in [0.25, 0.3) is 17.0 Å². The molecule has 7 heteroatoms. The highest BCUT2D eigenvalue weighted by Gasteiger charge is 2.29. The van der Waals surface area contributed by atoms with E-state index in [4.69, 9.17) is 0 Å². The molecule has 1 atom stereocenters. The summed E-state index contributed by atoms with van der Waals surface area (Å²) in [5.41, 5.74) is 4.04. The Morgan fingerprint density at radius 1 is 1.00 bits per heavy atom. The van der Waals surface area contributed by atoms with Gasteiger partial charge >= 0.3 is 0 Å². The molecule has 176 valence electrons. The van der Waals surface area contributed by atoms with E-state index in [9.17, 15) is 9.90 Å². The molecule has 0 saturated carbocycles. The van der Waals surface area contributed by atoms with Crippen LogP contribution in [-0.2, 0) is 11.3 Å². The van der Waals surface area contributed by atoms with Crippen molar-refractivity contribution < 1.29 is 9.90 Å². The van der Waals surface area contributed by atoms with E-state index in [2.05, 4.69) is 38.6 Å². The van der Waals surface area contributed by atoms with Crippen LogP contribution in [0.1, 0.15) is 12.5 Å². The number of hydrogen-bond acceptors (Lipinski definition) is 5. The fourth-order valence-electron chi connectivity index (χ4n) is 4.74. The van der Waals surface area contributed by atoms with Gasteiger partial charge in [-0.3, -0.25) is 9.69 Å². The van der Waals surface area contributed by atoms with Crippen LogP contribution in [0.15, 0.2) is 71.5 Å². The third kappa shape index (κ3) is 4.55. The molecule has 7 nitrogen and oxygen atoms in total. The number of carbonyl (C=O) groups excluding carboxylic acids is 1. The lowest BCUT2D eigenvalue weighted by Crippen LogP contribution is -2.47. The summed E-state index contributed by atoms with van der Waals surface area (Å²) in [6, 6.07) is 17.6. The van der Waals surface area contributed by atoms with Crippen molar-refractivity contribution >= 4 is 34.3 Å². The van der Waals surface area contributed by atoms with Gasteiger partial charge in [0.05, 0.1) is 23.1 Å². The van der Waals surface area contributed by atoms with Gasteiger partial charge in [-0.25, -0.2) is 0 Å². The Morgan fingerprint density at radius 2 is 1.71 bits per heavy atom. The predicted molar refractivity (Wildman–Crippen MR) is 137 cm³/mol. The van der Waals surface area contributed by atoms with Crippen LogP contribution in [0, 0.1) is 0 Å². The summed E-state index contributed by atoms with van der Waals surface area (Å²) in [6.45, 7) is 7.06. The smallest absolute Gasteiger partial charge is 0.280 e. The quantitative estimate of drug-likeness (QED) is 0.578. The number of benzene rings is 2. The number of carbonyl (C=O) groups is 1. The Balaban J connectivity index is 1.39. The average Bonchev–Trinajstić information content (AvgIpc) is 3.33. The minimum absolute atomic E-state index is 0.129. The van der Waals surface area contributed by atoms with Gasteiger partial charge < -0.3 is 14.6 Å². The Kier molecular flexibility index (Phi) is 6.32. The second-order valence-electron chi connectivity index (χ2n) is 9.21. The molecule has 1 saturated heterocycles. The van der Waals surface area contributed by atoms with Gasteiger partial charge in [-0.1, -0.05) is 36.4 Å². The van der Waals surface area contributed by atoms with E-state index in [0.717, 1.165) is 48.3 Å². The molecule has 1 amide bonds. The molecule has 2 aliphatic heterocycles. The number of fused-ring (bicyclic) bond motifs is 1. The summed E-state index contributed by atoms with van der Waals surface area (Å²) >= 11 is 0. The average molecular weight is 458 g/mol. The van der Waals surface area contributed by atoms with Gasteiger partial charge in [0.2, 0.25) is 0 Å². The fraction of sp³-hybridized carbons (Fsp3) is 0.333. The molecular formula is C27H31N5O2. The maximum Gasteiger partial charge on any atom is 0.280 e. The summed E-state index contributed by atoms with van der Waals surface area (Å²) in [5.74, 6) is -0.129. The van der Waals surface area contributed by atoms with E-state index < -0.39 is 6.10 Å². The van der Waals surface area contributed by atoms with Crippen molar-refractivity contribution in [2.45, 2.75) is 19.6 Å². The second kappa shape index (κ2) is 9.54. The summed E-state index contributed by atoms with van der Waals surface area (Å²) in [6.07, 6.45) is 3.50. The van der Waals surface area contributed by atoms with Crippen molar-refractivity contribution in [3.8, 4) is 0 Å². The number of rotatable bonds is 6. The van der Waals surface area contributed by atoms with Crippen molar-refractivity contribution in [2.24, 2.45) is 5.10 Å². The number of amides is 1. The van der Waals surface area contributed by atoms with Crippen molar-refractivity contribution in [3.05, 3.63) is 71.9 Å². The number of β-amino-alcohol motifs (C(OH)–C–C–N with tert-alkyl or cyclic N) is 1. The van der Waals surface area contributed by atoms with E-state index in [1.54, 1.807) is 0 Å². The molecule has 0 spiro atoms. The molecule has 0 bridgehead atoms. The number of hydrazone groups is 1. The topological polar surface area (TPSA) is 64.3 Å². The lowest BCUT2D eigenvalue weighted by molar-refractivity contribution is -0.114. The molecular weight excluding hydrogens is 426 g/mol. The highest BCUT2D eigenvalue weighted by molar-refractivity contribution is 6.32. The first kappa shape index (κ1) is 22.5. The lowest BCUT2D eigenvalue weighted by Gasteiger charge is -2.33. The molecule has 2 aliphatic rings. The Labute approximate surface area is 200 Å². The van der Waals surface area contributed by atoms with E-state index in [1.165, 1.54) is 5.01 Å². The van der Waals surface area contributed by atoms with Crippen LogP contribution in [0.4, 0.5) is 5.69 Å². The number of nitrogens with zero attached hydrogens (tertiary/aromatic N) is 5. The molecule has 3 aromatic rings. The zero-order chi connectivity index (χ0) is 23.7. The van der Waals surface area contributed by atoms with Gasteiger partial charge in [-0.05, 0) is 38.2 Å². The maximum atomic E-state index is 13.2. The molecule has 0 radical (unpaired) electrons. The Hall–Kier alpha value is -3.26. The Bertz CT molecular complexity index is 1240. The zero-order valence-corrected chi connectivity index (χ0v) is 19.8. The van der Waals surface area contributed by atoms with Gasteiger partial charge in [-0.2, -0.15) is 10.1 Å². The largest absolute Gasteiger partial charge is 0.390 e. The van der Waals surface area contributed by atoms with Gasteiger partial charge in [0.15, 0.2) is 0 Å².